The Labute approximate surface area is 114 Å². The summed E-state index contributed by atoms with van der Waals surface area (Å²) in [5.74, 6) is -2.48. The van der Waals surface area contributed by atoms with Gasteiger partial charge in [-0.15, -0.1) is 0 Å². The molecule has 0 bridgehead atoms. The van der Waals surface area contributed by atoms with Crippen LogP contribution in [0.15, 0.2) is 18.3 Å². The minimum atomic E-state index is -1.14. The number of likely N-dealkylation sites (tertiary alicyclic amines) is 1. The van der Waals surface area contributed by atoms with E-state index in [0.29, 0.717) is 0 Å². The van der Waals surface area contributed by atoms with Crippen LogP contribution in [0.5, 0.6) is 0 Å². The lowest BCUT2D eigenvalue weighted by molar-refractivity contribution is -0.138. The van der Waals surface area contributed by atoms with E-state index in [-0.39, 0.29) is 24.6 Å². The second kappa shape index (κ2) is 5.16. The maximum atomic E-state index is 11.8. The number of aromatic nitrogens is 1. The number of carboxylic acids is 1. The van der Waals surface area contributed by atoms with Gasteiger partial charge in [0.25, 0.3) is 5.91 Å². The molecular formula is C12H13N3O5. The molecule has 106 valence electrons. The summed E-state index contributed by atoms with van der Waals surface area (Å²) in [7, 11) is 1.35. The van der Waals surface area contributed by atoms with E-state index in [9.17, 15) is 19.2 Å². The predicted octanol–water partition coefficient (Wildman–Crippen LogP) is -0.940. The maximum Gasteiger partial charge on any atom is 0.352 e. The summed E-state index contributed by atoms with van der Waals surface area (Å²) in [5, 5.41) is 11.3. The first kappa shape index (κ1) is 13.8. The molecule has 8 nitrogen and oxygen atoms in total. The van der Waals surface area contributed by atoms with Crippen LogP contribution in [-0.2, 0) is 20.9 Å². The molecule has 20 heavy (non-hydrogen) atoms. The van der Waals surface area contributed by atoms with Gasteiger partial charge in [-0.1, -0.05) is 0 Å². The van der Waals surface area contributed by atoms with Crippen molar-refractivity contribution < 1.29 is 24.3 Å². The molecule has 1 aromatic heterocycles. The zero-order chi connectivity index (χ0) is 14.9. The van der Waals surface area contributed by atoms with Gasteiger partial charge in [-0.3, -0.25) is 19.3 Å². The molecule has 2 rings (SSSR count). The largest absolute Gasteiger partial charge is 0.477 e. The lowest BCUT2D eigenvalue weighted by atomic mass is 10.2. The summed E-state index contributed by atoms with van der Waals surface area (Å²) in [6, 6.07) is 2.01. The van der Waals surface area contributed by atoms with E-state index in [2.05, 4.69) is 5.32 Å². The van der Waals surface area contributed by atoms with Gasteiger partial charge in [0.2, 0.25) is 11.8 Å². The van der Waals surface area contributed by atoms with Gasteiger partial charge in [-0.05, 0) is 12.1 Å². The molecule has 0 saturated carbocycles. The smallest absolute Gasteiger partial charge is 0.352 e. The Hall–Kier alpha value is -2.64. The van der Waals surface area contributed by atoms with Gasteiger partial charge in [0, 0.05) is 13.2 Å². The highest BCUT2D eigenvalue weighted by Crippen LogP contribution is 2.10. The van der Waals surface area contributed by atoms with Crippen LogP contribution in [-0.4, -0.2) is 51.4 Å². The van der Waals surface area contributed by atoms with Crippen molar-refractivity contribution in [1.29, 1.82) is 0 Å². The van der Waals surface area contributed by atoms with Crippen molar-refractivity contribution >= 4 is 23.7 Å². The van der Waals surface area contributed by atoms with Crippen molar-refractivity contribution in [2.24, 2.45) is 0 Å². The number of nitrogens with one attached hydrogen (secondary N) is 1. The van der Waals surface area contributed by atoms with Crippen LogP contribution in [0, 0.1) is 0 Å². The fourth-order valence-corrected chi connectivity index (χ4v) is 2.01. The zero-order valence-corrected chi connectivity index (χ0v) is 10.7. The standard InChI is InChI=1S/C12H13N3O5/c1-14-10(17)5-7(11(14)18)13-9(16)6-15-4-2-3-8(15)12(19)20/h2-4,7H,5-6H2,1H3,(H,13,16)(H,19,20). The second-order valence-electron chi connectivity index (χ2n) is 4.44. The Balaban J connectivity index is 2.00. The number of imide groups is 1. The molecule has 1 atom stereocenters. The Kier molecular flexibility index (Phi) is 3.55. The fraction of sp³-hybridized carbons (Fsp3) is 0.333. The molecule has 1 saturated heterocycles. The van der Waals surface area contributed by atoms with Crippen LogP contribution in [0.3, 0.4) is 0 Å². The monoisotopic (exact) mass is 279 g/mol. The quantitative estimate of drug-likeness (QED) is 0.691. The SMILES string of the molecule is CN1C(=O)CC(NC(=O)Cn2cccc2C(=O)O)C1=O. The number of hydrogen-bond donors (Lipinski definition) is 2. The van der Waals surface area contributed by atoms with Gasteiger partial charge in [0.05, 0.1) is 6.42 Å². The lowest BCUT2D eigenvalue weighted by Crippen LogP contribution is -2.42. The Morgan fingerprint density at radius 3 is 2.70 bits per heavy atom. The number of carboxylic acid groups (broad SMARTS) is 1. The number of rotatable bonds is 4. The summed E-state index contributed by atoms with van der Waals surface area (Å²) < 4.78 is 1.25. The van der Waals surface area contributed by atoms with Crippen LogP contribution < -0.4 is 5.32 Å². The Bertz CT molecular complexity index is 592. The van der Waals surface area contributed by atoms with Gasteiger partial charge < -0.3 is 15.0 Å². The lowest BCUT2D eigenvalue weighted by Gasteiger charge is -2.12. The first-order valence-electron chi connectivity index (χ1n) is 5.88. The average molecular weight is 279 g/mol. The van der Waals surface area contributed by atoms with E-state index < -0.39 is 23.8 Å². The number of hydrogen-bond acceptors (Lipinski definition) is 4. The van der Waals surface area contributed by atoms with Crippen molar-refractivity contribution in [3.05, 3.63) is 24.0 Å². The molecule has 1 aliphatic heterocycles. The highest BCUT2D eigenvalue weighted by molar-refractivity contribution is 6.06. The molecule has 8 heteroatoms. The van der Waals surface area contributed by atoms with Gasteiger partial charge in [-0.2, -0.15) is 0 Å². The van der Waals surface area contributed by atoms with Crippen LogP contribution in [0.2, 0.25) is 0 Å². The number of amides is 3. The molecule has 1 aromatic rings. The number of nitrogens with zero attached hydrogens (tertiary/aromatic N) is 2. The molecule has 3 amide bonds. The van der Waals surface area contributed by atoms with Gasteiger partial charge in [0.15, 0.2) is 0 Å². The van der Waals surface area contributed by atoms with E-state index in [1.807, 2.05) is 0 Å². The molecule has 0 aliphatic carbocycles. The number of carbonyl (C=O) groups excluding carboxylic acids is 3. The molecule has 2 N–H and O–H groups in total. The third kappa shape index (κ3) is 2.53. The predicted molar refractivity (Wildman–Crippen MR) is 65.7 cm³/mol. The molecule has 0 radical (unpaired) electrons. The average Bonchev–Trinajstić information content (AvgIpc) is 2.91. The van der Waals surface area contributed by atoms with E-state index >= 15 is 0 Å². The zero-order valence-electron chi connectivity index (χ0n) is 10.7. The van der Waals surface area contributed by atoms with Crippen molar-refractivity contribution in [3.8, 4) is 0 Å². The van der Waals surface area contributed by atoms with Crippen LogP contribution in [0.1, 0.15) is 16.9 Å². The molecule has 1 aliphatic rings. The summed E-state index contributed by atoms with van der Waals surface area (Å²) >= 11 is 0. The molecule has 0 aromatic carbocycles. The van der Waals surface area contributed by atoms with Crippen LogP contribution in [0.25, 0.3) is 0 Å². The minimum Gasteiger partial charge on any atom is -0.477 e. The summed E-state index contributed by atoms with van der Waals surface area (Å²) in [4.78, 5) is 46.6. The van der Waals surface area contributed by atoms with Crippen molar-refractivity contribution in [3.63, 3.8) is 0 Å². The third-order valence-electron chi connectivity index (χ3n) is 3.08. The number of aromatic carboxylic acids is 1. The molecule has 0 spiro atoms. The highest BCUT2D eigenvalue weighted by atomic mass is 16.4. The van der Waals surface area contributed by atoms with Crippen LogP contribution in [0.4, 0.5) is 0 Å². The minimum absolute atomic E-state index is 0.0221. The molecule has 1 fully saturated rings. The van der Waals surface area contributed by atoms with Crippen molar-refractivity contribution in [2.45, 2.75) is 19.0 Å². The maximum absolute atomic E-state index is 11.8. The fourth-order valence-electron chi connectivity index (χ4n) is 2.01. The Morgan fingerprint density at radius 2 is 2.15 bits per heavy atom. The first-order valence-corrected chi connectivity index (χ1v) is 5.88. The van der Waals surface area contributed by atoms with Gasteiger partial charge >= 0.3 is 5.97 Å². The molecule has 1 unspecified atom stereocenters. The van der Waals surface area contributed by atoms with E-state index in [4.69, 9.17) is 5.11 Å². The van der Waals surface area contributed by atoms with Crippen LogP contribution >= 0.6 is 0 Å². The van der Waals surface area contributed by atoms with E-state index in [1.165, 1.54) is 29.9 Å². The normalized spacial score (nSPS) is 18.4. The third-order valence-corrected chi connectivity index (χ3v) is 3.08. The first-order chi connectivity index (χ1) is 9.40. The molecular weight excluding hydrogens is 266 g/mol. The second-order valence-corrected chi connectivity index (χ2v) is 4.44. The topological polar surface area (TPSA) is 109 Å². The van der Waals surface area contributed by atoms with Gasteiger partial charge in [-0.25, -0.2) is 4.79 Å². The number of carbonyl (C=O) groups is 4. The summed E-state index contributed by atoms with van der Waals surface area (Å²) in [6.45, 7) is -0.226. The van der Waals surface area contributed by atoms with Crippen molar-refractivity contribution in [2.75, 3.05) is 7.05 Å². The molecule has 2 heterocycles. The summed E-state index contributed by atoms with van der Waals surface area (Å²) in [6.07, 6.45) is 1.38. The highest BCUT2D eigenvalue weighted by Gasteiger charge is 2.36. The van der Waals surface area contributed by atoms with E-state index in [0.717, 1.165) is 4.90 Å². The number of likely N-dealkylation sites (N-methyl/N-ethyl adjacent to an activating group) is 1. The Morgan fingerprint density at radius 1 is 1.45 bits per heavy atom. The van der Waals surface area contributed by atoms with Crippen molar-refractivity contribution in [1.82, 2.24) is 14.8 Å². The summed E-state index contributed by atoms with van der Waals surface area (Å²) in [5.41, 5.74) is -0.0221. The van der Waals surface area contributed by atoms with E-state index in [1.54, 1.807) is 0 Å². The van der Waals surface area contributed by atoms with Gasteiger partial charge in [0.1, 0.15) is 18.3 Å².